The molecule has 0 aliphatic carbocycles. The Hall–Kier alpha value is -3.96. The van der Waals surface area contributed by atoms with E-state index in [1.54, 1.807) is 39.0 Å². The molecule has 216 valence electrons. The lowest BCUT2D eigenvalue weighted by Crippen LogP contribution is -2.46. The van der Waals surface area contributed by atoms with Gasteiger partial charge in [0.2, 0.25) is 12.1 Å². The number of rotatable bonds is 6. The first-order valence-corrected chi connectivity index (χ1v) is 14.8. The number of carbonyl (C=O) groups is 1. The number of sulfone groups is 1. The number of quaternary nitrogens is 1. The Balaban J connectivity index is 2.01. The van der Waals surface area contributed by atoms with E-state index in [2.05, 4.69) is 11.6 Å². The van der Waals surface area contributed by atoms with Crippen molar-refractivity contribution in [2.24, 2.45) is 5.41 Å². The number of allylic oxidation sites excluding steroid dienone is 1. The van der Waals surface area contributed by atoms with E-state index < -0.39 is 25.6 Å². The fourth-order valence-corrected chi connectivity index (χ4v) is 8.15. The van der Waals surface area contributed by atoms with Crippen molar-refractivity contribution >= 4 is 39.1 Å². The smallest absolute Gasteiger partial charge is 0.285 e. The van der Waals surface area contributed by atoms with Crippen molar-refractivity contribution in [2.45, 2.75) is 41.0 Å². The van der Waals surface area contributed by atoms with Gasteiger partial charge in [0.25, 0.3) is 5.82 Å². The number of ether oxygens (including phenoxy) is 1. The molecule has 0 saturated carbocycles. The highest BCUT2D eigenvalue weighted by Gasteiger charge is 2.58. The van der Waals surface area contributed by atoms with Gasteiger partial charge in [-0.25, -0.2) is 12.8 Å². The first kappa shape index (κ1) is 28.6. The summed E-state index contributed by atoms with van der Waals surface area (Å²) >= 11 is 0. The predicted molar refractivity (Wildman–Crippen MR) is 155 cm³/mol. The van der Waals surface area contributed by atoms with Crippen LogP contribution in [-0.4, -0.2) is 43.8 Å². The summed E-state index contributed by atoms with van der Waals surface area (Å²) in [7, 11) is -3.95. The largest absolute Gasteiger partial charge is 0.503 e. The number of aromatic nitrogens is 1. The summed E-state index contributed by atoms with van der Waals surface area (Å²) in [4.78, 5) is 18.4. The molecule has 1 atom stereocenters. The second kappa shape index (κ2) is 9.85. The molecule has 2 aliphatic rings. The molecule has 0 bridgehead atoms. The van der Waals surface area contributed by atoms with Crippen molar-refractivity contribution in [1.29, 1.82) is 0 Å². The SMILES string of the molecule is C=C(C)COc1ccc([N+]2(c3nc(C)oc3C)C3=C(CN(C=O)c4cccc(O)c42)S(=O)(=O)CC(C)(C)C3)c(F)c1. The van der Waals surface area contributed by atoms with Gasteiger partial charge in [0.15, 0.2) is 38.7 Å². The molecule has 0 spiro atoms. The molecule has 1 aromatic heterocycles. The normalized spacial score (nSPS) is 21.1. The fourth-order valence-electron chi connectivity index (χ4n) is 5.94. The van der Waals surface area contributed by atoms with Crippen LogP contribution < -0.4 is 14.1 Å². The van der Waals surface area contributed by atoms with Gasteiger partial charge in [0, 0.05) is 32.4 Å². The number of nitrogens with zero attached hydrogens (tertiary/aromatic N) is 3. The van der Waals surface area contributed by atoms with Crippen LogP contribution in [0.3, 0.4) is 0 Å². The summed E-state index contributed by atoms with van der Waals surface area (Å²) in [5.41, 5.74) is 0.541. The summed E-state index contributed by atoms with van der Waals surface area (Å²) in [5, 5.41) is 11.5. The molecule has 0 fully saturated rings. The van der Waals surface area contributed by atoms with Gasteiger partial charge in [0.1, 0.15) is 28.6 Å². The third kappa shape index (κ3) is 4.62. The quantitative estimate of drug-likeness (QED) is 0.213. The van der Waals surface area contributed by atoms with Gasteiger partial charge in [-0.3, -0.25) is 4.79 Å². The van der Waals surface area contributed by atoms with Crippen LogP contribution in [-0.2, 0) is 14.6 Å². The van der Waals surface area contributed by atoms with Crippen molar-refractivity contribution < 1.29 is 31.9 Å². The van der Waals surface area contributed by atoms with Gasteiger partial charge in [-0.15, -0.1) is 0 Å². The average molecular weight is 583 g/mol. The zero-order valence-corrected chi connectivity index (χ0v) is 24.5. The molecule has 1 amide bonds. The Bertz CT molecular complexity index is 1730. The van der Waals surface area contributed by atoms with Crippen LogP contribution in [0.5, 0.6) is 11.5 Å². The fraction of sp³-hybridized carbons (Fsp3) is 0.333. The second-order valence-electron chi connectivity index (χ2n) is 11.5. The maximum atomic E-state index is 16.6. The van der Waals surface area contributed by atoms with Crippen molar-refractivity contribution in [3.8, 4) is 11.5 Å². The van der Waals surface area contributed by atoms with E-state index >= 15 is 4.39 Å². The van der Waals surface area contributed by atoms with Crippen LogP contribution in [0, 0.1) is 25.1 Å². The number of hydrogen-bond donors (Lipinski definition) is 1. The molecule has 2 aliphatic heterocycles. The van der Waals surface area contributed by atoms with E-state index in [1.807, 2.05) is 13.8 Å². The molecular weight excluding hydrogens is 549 g/mol. The lowest BCUT2D eigenvalue weighted by atomic mass is 9.87. The van der Waals surface area contributed by atoms with E-state index in [1.165, 1.54) is 23.1 Å². The zero-order valence-electron chi connectivity index (χ0n) is 23.7. The maximum Gasteiger partial charge on any atom is 0.285 e. The number of carbonyl (C=O) groups excluding carboxylic acids is 1. The van der Waals surface area contributed by atoms with E-state index in [9.17, 15) is 18.3 Å². The van der Waals surface area contributed by atoms with Gasteiger partial charge < -0.3 is 19.2 Å². The van der Waals surface area contributed by atoms with Crippen molar-refractivity contribution in [2.75, 3.05) is 23.8 Å². The van der Waals surface area contributed by atoms with Crippen LogP contribution in [0.2, 0.25) is 0 Å². The van der Waals surface area contributed by atoms with Crippen LogP contribution in [0.25, 0.3) is 0 Å². The average Bonchev–Trinajstić information content (AvgIpc) is 3.14. The number of oxazole rings is 1. The number of halogens is 1. The summed E-state index contributed by atoms with van der Waals surface area (Å²) in [5.74, 6) is -0.185. The van der Waals surface area contributed by atoms with Crippen LogP contribution in [0.1, 0.15) is 38.8 Å². The summed E-state index contributed by atoms with van der Waals surface area (Å²) in [6.07, 6.45) is 0.713. The highest BCUT2D eigenvalue weighted by molar-refractivity contribution is 7.95. The lowest BCUT2D eigenvalue weighted by Gasteiger charge is -2.42. The molecular formula is C30H33FN3O6S+. The highest BCUT2D eigenvalue weighted by atomic mass is 32.2. The van der Waals surface area contributed by atoms with E-state index in [4.69, 9.17) is 9.15 Å². The number of aromatic hydroxyl groups is 1. The topological polar surface area (TPSA) is 110 Å². The van der Waals surface area contributed by atoms with E-state index in [-0.39, 0.29) is 76.2 Å². The predicted octanol–water partition coefficient (Wildman–Crippen LogP) is 6.09. The minimum Gasteiger partial charge on any atom is -0.503 e. The van der Waals surface area contributed by atoms with E-state index in [0.29, 0.717) is 12.2 Å². The number of fused-ring (bicyclic) bond motifs is 1. The third-order valence-corrected chi connectivity index (χ3v) is 9.65. The number of benzene rings is 2. The highest BCUT2D eigenvalue weighted by Crippen LogP contribution is 2.61. The van der Waals surface area contributed by atoms with Gasteiger partial charge in [0.05, 0.1) is 12.3 Å². The molecule has 3 heterocycles. The van der Waals surface area contributed by atoms with Crippen LogP contribution in [0.4, 0.5) is 27.3 Å². The van der Waals surface area contributed by atoms with Gasteiger partial charge in [-0.1, -0.05) is 26.5 Å². The van der Waals surface area contributed by atoms with E-state index in [0.717, 1.165) is 5.57 Å². The Morgan fingerprint density at radius 3 is 2.63 bits per heavy atom. The number of para-hydroxylation sites is 1. The third-order valence-electron chi connectivity index (χ3n) is 7.37. The van der Waals surface area contributed by atoms with Gasteiger partial charge in [-0.05, 0) is 36.1 Å². The molecule has 0 saturated heterocycles. The molecule has 41 heavy (non-hydrogen) atoms. The summed E-state index contributed by atoms with van der Waals surface area (Å²) in [6, 6.07) is 8.86. The van der Waals surface area contributed by atoms with Crippen molar-refractivity contribution in [1.82, 2.24) is 9.47 Å². The molecule has 5 rings (SSSR count). The molecule has 3 aromatic rings. The van der Waals surface area contributed by atoms with Gasteiger partial charge >= 0.3 is 0 Å². The molecule has 0 radical (unpaired) electrons. The molecule has 1 N–H and O–H groups in total. The number of aryl methyl sites for hydroxylation is 2. The minimum absolute atomic E-state index is 0.0139. The van der Waals surface area contributed by atoms with Crippen LogP contribution in [0.15, 0.2) is 63.6 Å². The molecule has 11 heteroatoms. The summed E-state index contributed by atoms with van der Waals surface area (Å²) in [6.45, 7) is 12.4. The standard InChI is InChI=1S/C30H32FN3O6S/c1-18(2)15-39-21-10-11-24(22(31)12-21)34(29-19(3)40-20(4)32-29)25-13-30(5,6)16-41(37,38)27(25)14-33(17-35)23-8-7-9-26(36)28(23)34/h7-12,17H,1,13-16H2,2-6H3/p+1. The number of hydrogen-bond acceptors (Lipinski definition) is 7. The second-order valence-corrected chi connectivity index (χ2v) is 13.5. The Morgan fingerprint density at radius 1 is 1.29 bits per heavy atom. The van der Waals surface area contributed by atoms with Crippen molar-refractivity contribution in [3.05, 3.63) is 76.6 Å². The Morgan fingerprint density at radius 2 is 2.02 bits per heavy atom. The number of phenols is 1. The minimum atomic E-state index is -3.95. The molecule has 1 unspecified atom stereocenters. The summed E-state index contributed by atoms with van der Waals surface area (Å²) < 4.78 is 55.4. The number of phenolic OH excluding ortho intramolecular Hbond substituents is 1. The lowest BCUT2D eigenvalue weighted by molar-refractivity contribution is -0.107. The van der Waals surface area contributed by atoms with Crippen LogP contribution >= 0.6 is 0 Å². The van der Waals surface area contributed by atoms with Gasteiger partial charge in [-0.2, -0.15) is 9.47 Å². The Kier molecular flexibility index (Phi) is 6.86. The zero-order chi connectivity index (χ0) is 29.9. The maximum absolute atomic E-state index is 16.6. The number of anilines is 1. The molecule has 2 aromatic carbocycles. The molecule has 9 nitrogen and oxygen atoms in total. The van der Waals surface area contributed by atoms with Crippen molar-refractivity contribution in [3.63, 3.8) is 0 Å². The number of amides is 1. The monoisotopic (exact) mass is 582 g/mol. The first-order valence-electron chi connectivity index (χ1n) is 13.1. The Labute approximate surface area is 238 Å². The first-order chi connectivity index (χ1) is 19.2.